The number of aryl methyl sites for hydroxylation is 1. The molecule has 0 aliphatic heterocycles. The average molecular weight is 181 g/mol. The van der Waals surface area contributed by atoms with Gasteiger partial charge in [0.25, 0.3) is 0 Å². The number of hydrogen-bond donors (Lipinski definition) is 0. The lowest BCUT2D eigenvalue weighted by molar-refractivity contribution is -0.128. The number of carbonyl (C=O) groups excluding carboxylic acids is 1. The van der Waals surface area contributed by atoms with Gasteiger partial charge in [-0.15, -0.1) is 0 Å². The SMILES string of the molecule is CC(=O)N(C)Cc1cnn(C)c1C. The molecule has 1 heterocycles. The molecule has 0 saturated carbocycles. The summed E-state index contributed by atoms with van der Waals surface area (Å²) in [5, 5.41) is 4.11. The van der Waals surface area contributed by atoms with Crippen LogP contribution in [0.4, 0.5) is 0 Å². The Kier molecular flexibility index (Phi) is 2.70. The van der Waals surface area contributed by atoms with E-state index in [2.05, 4.69) is 5.10 Å². The molecule has 0 fully saturated rings. The second-order valence-electron chi connectivity index (χ2n) is 3.25. The molecular weight excluding hydrogens is 166 g/mol. The van der Waals surface area contributed by atoms with Crippen LogP contribution in [-0.4, -0.2) is 27.6 Å². The Balaban J connectivity index is 2.74. The van der Waals surface area contributed by atoms with Crippen LogP contribution in [-0.2, 0) is 18.4 Å². The molecule has 0 atom stereocenters. The molecule has 4 nitrogen and oxygen atoms in total. The van der Waals surface area contributed by atoms with E-state index in [1.54, 1.807) is 25.1 Å². The zero-order valence-corrected chi connectivity index (χ0v) is 8.53. The lowest BCUT2D eigenvalue weighted by atomic mass is 10.2. The van der Waals surface area contributed by atoms with E-state index in [-0.39, 0.29) is 5.91 Å². The predicted molar refractivity (Wildman–Crippen MR) is 50.1 cm³/mol. The van der Waals surface area contributed by atoms with Crippen LogP contribution in [0.3, 0.4) is 0 Å². The summed E-state index contributed by atoms with van der Waals surface area (Å²) in [5.74, 6) is 0.0725. The highest BCUT2D eigenvalue weighted by molar-refractivity contribution is 5.72. The maximum Gasteiger partial charge on any atom is 0.219 e. The van der Waals surface area contributed by atoms with Gasteiger partial charge in [0.1, 0.15) is 0 Å². The fourth-order valence-corrected chi connectivity index (χ4v) is 1.07. The molecule has 0 N–H and O–H groups in total. The van der Waals surface area contributed by atoms with Gasteiger partial charge in [0.2, 0.25) is 5.91 Å². The first kappa shape index (κ1) is 9.77. The normalized spacial score (nSPS) is 10.2. The molecule has 0 unspecified atom stereocenters. The van der Waals surface area contributed by atoms with Gasteiger partial charge in [-0.05, 0) is 6.92 Å². The van der Waals surface area contributed by atoms with E-state index in [1.807, 2.05) is 18.7 Å². The number of rotatable bonds is 2. The molecule has 0 saturated heterocycles. The Bertz CT molecular complexity index is 317. The average Bonchev–Trinajstić information content (AvgIpc) is 2.36. The third-order valence-electron chi connectivity index (χ3n) is 2.28. The second-order valence-corrected chi connectivity index (χ2v) is 3.25. The van der Waals surface area contributed by atoms with Gasteiger partial charge in [0, 0.05) is 38.8 Å². The van der Waals surface area contributed by atoms with E-state index < -0.39 is 0 Å². The molecule has 1 rings (SSSR count). The molecule has 13 heavy (non-hydrogen) atoms. The van der Waals surface area contributed by atoms with Crippen LogP contribution in [0, 0.1) is 6.92 Å². The summed E-state index contributed by atoms with van der Waals surface area (Å²) in [6, 6.07) is 0. The monoisotopic (exact) mass is 181 g/mol. The molecule has 0 bridgehead atoms. The largest absolute Gasteiger partial charge is 0.342 e. The van der Waals surface area contributed by atoms with Gasteiger partial charge < -0.3 is 4.90 Å². The minimum absolute atomic E-state index is 0.0725. The van der Waals surface area contributed by atoms with Gasteiger partial charge in [0.15, 0.2) is 0 Å². The summed E-state index contributed by atoms with van der Waals surface area (Å²) < 4.78 is 1.81. The first-order valence-electron chi connectivity index (χ1n) is 4.21. The lowest BCUT2D eigenvalue weighted by Crippen LogP contribution is -2.23. The number of carbonyl (C=O) groups is 1. The van der Waals surface area contributed by atoms with Crippen molar-refractivity contribution in [3.05, 3.63) is 17.5 Å². The molecule has 4 heteroatoms. The summed E-state index contributed by atoms with van der Waals surface area (Å²) in [5.41, 5.74) is 2.20. The molecule has 0 aliphatic rings. The van der Waals surface area contributed by atoms with Crippen molar-refractivity contribution in [1.29, 1.82) is 0 Å². The summed E-state index contributed by atoms with van der Waals surface area (Å²) in [6.45, 7) is 4.19. The third kappa shape index (κ3) is 2.08. The van der Waals surface area contributed by atoms with Gasteiger partial charge in [-0.25, -0.2) is 0 Å². The molecule has 1 amide bonds. The molecule has 0 radical (unpaired) electrons. The quantitative estimate of drug-likeness (QED) is 0.673. The van der Waals surface area contributed by atoms with Crippen molar-refractivity contribution in [2.24, 2.45) is 7.05 Å². The summed E-state index contributed by atoms with van der Waals surface area (Å²) in [6.07, 6.45) is 1.80. The zero-order chi connectivity index (χ0) is 10.0. The van der Waals surface area contributed by atoms with E-state index in [0.29, 0.717) is 6.54 Å². The Morgan fingerprint density at radius 1 is 1.69 bits per heavy atom. The van der Waals surface area contributed by atoms with Crippen molar-refractivity contribution in [2.45, 2.75) is 20.4 Å². The van der Waals surface area contributed by atoms with Crippen molar-refractivity contribution in [3.63, 3.8) is 0 Å². The standard InChI is InChI=1S/C9H15N3O/c1-7-9(5-10-12(7)4)6-11(3)8(2)13/h5H,6H2,1-4H3. The number of amides is 1. The van der Waals surface area contributed by atoms with Gasteiger partial charge in [-0.1, -0.05) is 0 Å². The van der Waals surface area contributed by atoms with E-state index in [9.17, 15) is 4.79 Å². The van der Waals surface area contributed by atoms with Crippen molar-refractivity contribution in [2.75, 3.05) is 7.05 Å². The molecule has 0 aliphatic carbocycles. The summed E-state index contributed by atoms with van der Waals surface area (Å²) in [4.78, 5) is 12.6. The van der Waals surface area contributed by atoms with Crippen molar-refractivity contribution < 1.29 is 4.79 Å². The first-order valence-corrected chi connectivity index (χ1v) is 4.21. The Morgan fingerprint density at radius 3 is 2.69 bits per heavy atom. The number of hydrogen-bond acceptors (Lipinski definition) is 2. The van der Waals surface area contributed by atoms with Crippen molar-refractivity contribution in [3.8, 4) is 0 Å². The molecule has 72 valence electrons. The molecule has 0 spiro atoms. The third-order valence-corrected chi connectivity index (χ3v) is 2.28. The highest BCUT2D eigenvalue weighted by atomic mass is 16.2. The number of nitrogens with zero attached hydrogens (tertiary/aromatic N) is 3. The van der Waals surface area contributed by atoms with Crippen LogP contribution < -0.4 is 0 Å². The van der Waals surface area contributed by atoms with Crippen molar-refractivity contribution in [1.82, 2.24) is 14.7 Å². The highest BCUT2D eigenvalue weighted by Gasteiger charge is 2.08. The minimum Gasteiger partial charge on any atom is -0.342 e. The maximum absolute atomic E-state index is 11.0. The Morgan fingerprint density at radius 2 is 2.31 bits per heavy atom. The smallest absolute Gasteiger partial charge is 0.219 e. The maximum atomic E-state index is 11.0. The minimum atomic E-state index is 0.0725. The molecule has 1 aromatic rings. The highest BCUT2D eigenvalue weighted by Crippen LogP contribution is 2.07. The lowest BCUT2D eigenvalue weighted by Gasteiger charge is -2.13. The van der Waals surface area contributed by atoms with Crippen LogP contribution in [0.5, 0.6) is 0 Å². The molecule has 0 aromatic carbocycles. The van der Waals surface area contributed by atoms with E-state index in [0.717, 1.165) is 11.3 Å². The van der Waals surface area contributed by atoms with Gasteiger partial charge in [-0.3, -0.25) is 9.48 Å². The second kappa shape index (κ2) is 3.60. The van der Waals surface area contributed by atoms with Crippen LogP contribution in [0.25, 0.3) is 0 Å². The van der Waals surface area contributed by atoms with E-state index in [1.165, 1.54) is 0 Å². The Hall–Kier alpha value is -1.32. The zero-order valence-electron chi connectivity index (χ0n) is 8.53. The van der Waals surface area contributed by atoms with Crippen LogP contribution in [0.1, 0.15) is 18.2 Å². The number of aromatic nitrogens is 2. The summed E-state index contributed by atoms with van der Waals surface area (Å²) in [7, 11) is 3.68. The van der Waals surface area contributed by atoms with Crippen LogP contribution in [0.2, 0.25) is 0 Å². The van der Waals surface area contributed by atoms with E-state index >= 15 is 0 Å². The predicted octanol–water partition coefficient (Wildman–Crippen LogP) is 0.707. The molecular formula is C9H15N3O. The fourth-order valence-electron chi connectivity index (χ4n) is 1.07. The topological polar surface area (TPSA) is 38.1 Å². The molecule has 1 aromatic heterocycles. The van der Waals surface area contributed by atoms with Crippen molar-refractivity contribution >= 4 is 5.91 Å². The van der Waals surface area contributed by atoms with Gasteiger partial charge >= 0.3 is 0 Å². The summed E-state index contributed by atoms with van der Waals surface area (Å²) >= 11 is 0. The van der Waals surface area contributed by atoms with Gasteiger partial charge in [-0.2, -0.15) is 5.10 Å². The first-order chi connectivity index (χ1) is 6.02. The fraction of sp³-hybridized carbons (Fsp3) is 0.556. The van der Waals surface area contributed by atoms with Crippen LogP contribution in [0.15, 0.2) is 6.20 Å². The van der Waals surface area contributed by atoms with Gasteiger partial charge in [0.05, 0.1) is 6.20 Å². The Labute approximate surface area is 78.1 Å². The van der Waals surface area contributed by atoms with E-state index in [4.69, 9.17) is 0 Å². The van der Waals surface area contributed by atoms with Crippen LogP contribution >= 0.6 is 0 Å².